The van der Waals surface area contributed by atoms with Gasteiger partial charge in [-0.3, -0.25) is 9.59 Å². The Hall–Kier alpha value is -3.28. The first kappa shape index (κ1) is 19.5. The van der Waals surface area contributed by atoms with Gasteiger partial charge in [-0.05, 0) is 43.7 Å². The molecule has 28 heavy (non-hydrogen) atoms. The zero-order valence-electron chi connectivity index (χ0n) is 16.5. The van der Waals surface area contributed by atoms with E-state index in [-0.39, 0.29) is 17.0 Å². The Morgan fingerprint density at radius 2 is 1.82 bits per heavy atom. The van der Waals surface area contributed by atoms with E-state index in [4.69, 9.17) is 9.47 Å². The van der Waals surface area contributed by atoms with Gasteiger partial charge in [0.05, 0.1) is 25.8 Å². The van der Waals surface area contributed by atoms with Crippen LogP contribution < -0.4 is 20.2 Å². The lowest BCUT2D eigenvalue weighted by atomic mass is 10.1. The Balaban J connectivity index is 1.93. The number of carbonyl (C=O) groups is 1. The number of amides is 1. The van der Waals surface area contributed by atoms with Crippen LogP contribution in [0.15, 0.2) is 53.5 Å². The van der Waals surface area contributed by atoms with Gasteiger partial charge in [-0.1, -0.05) is 18.2 Å². The number of hydrogen-bond acceptors (Lipinski definition) is 4. The van der Waals surface area contributed by atoms with Crippen molar-refractivity contribution in [3.8, 4) is 11.5 Å². The number of benzene rings is 2. The minimum absolute atomic E-state index is 0.132. The SMILES string of the molecule is CCn1cc(C(=O)N[C@@H](C)c2ccc(OC)c(OC)c2)c(=O)c2ccccc21. The molecular formula is C22H24N2O4. The second-order valence-corrected chi connectivity index (χ2v) is 6.48. The van der Waals surface area contributed by atoms with Gasteiger partial charge in [-0.25, -0.2) is 0 Å². The Kier molecular flexibility index (Phi) is 5.68. The Bertz CT molecular complexity index is 1070. The molecule has 1 aromatic heterocycles. The van der Waals surface area contributed by atoms with E-state index in [1.165, 1.54) is 0 Å². The molecule has 0 radical (unpaired) electrons. The average Bonchev–Trinajstić information content (AvgIpc) is 2.73. The summed E-state index contributed by atoms with van der Waals surface area (Å²) in [6.45, 7) is 4.50. The molecule has 6 nitrogen and oxygen atoms in total. The standard InChI is InChI=1S/C22H24N2O4/c1-5-24-13-17(21(25)16-8-6-7-9-18(16)24)22(26)23-14(2)15-10-11-19(27-3)20(12-15)28-4/h6-14H,5H2,1-4H3,(H,23,26)/t14-/m0/s1. The molecule has 146 valence electrons. The molecule has 0 fully saturated rings. The molecule has 0 saturated heterocycles. The van der Waals surface area contributed by atoms with E-state index in [0.717, 1.165) is 11.1 Å². The van der Waals surface area contributed by atoms with Crippen molar-refractivity contribution in [3.05, 3.63) is 70.0 Å². The minimum Gasteiger partial charge on any atom is -0.493 e. The molecule has 0 saturated carbocycles. The van der Waals surface area contributed by atoms with Gasteiger partial charge < -0.3 is 19.4 Å². The third-order valence-corrected chi connectivity index (χ3v) is 4.83. The van der Waals surface area contributed by atoms with Gasteiger partial charge in [0.2, 0.25) is 5.43 Å². The quantitative estimate of drug-likeness (QED) is 0.710. The number of rotatable bonds is 6. The van der Waals surface area contributed by atoms with Crippen molar-refractivity contribution in [1.82, 2.24) is 9.88 Å². The molecule has 0 unspecified atom stereocenters. The third-order valence-electron chi connectivity index (χ3n) is 4.83. The highest BCUT2D eigenvalue weighted by Gasteiger charge is 2.18. The zero-order valence-corrected chi connectivity index (χ0v) is 16.5. The van der Waals surface area contributed by atoms with Crippen LogP contribution in [0.5, 0.6) is 11.5 Å². The van der Waals surface area contributed by atoms with Crippen LogP contribution in [0.4, 0.5) is 0 Å². The fourth-order valence-corrected chi connectivity index (χ4v) is 3.25. The monoisotopic (exact) mass is 380 g/mol. The van der Waals surface area contributed by atoms with E-state index in [0.29, 0.717) is 23.4 Å². The fraction of sp³-hybridized carbons (Fsp3) is 0.273. The highest BCUT2D eigenvalue weighted by molar-refractivity contribution is 5.97. The summed E-state index contributed by atoms with van der Waals surface area (Å²) in [5, 5.41) is 3.45. The van der Waals surface area contributed by atoms with Gasteiger partial charge in [0.25, 0.3) is 5.91 Å². The molecule has 2 aromatic carbocycles. The third kappa shape index (κ3) is 3.58. The number of hydrogen-bond donors (Lipinski definition) is 1. The number of aromatic nitrogens is 1. The molecule has 0 spiro atoms. The van der Waals surface area contributed by atoms with E-state index in [1.807, 2.05) is 42.7 Å². The highest BCUT2D eigenvalue weighted by Crippen LogP contribution is 2.30. The number of ether oxygens (including phenoxy) is 2. The van der Waals surface area contributed by atoms with Crippen LogP contribution in [0.25, 0.3) is 10.9 Å². The molecule has 6 heteroatoms. The smallest absolute Gasteiger partial charge is 0.257 e. The number of pyridine rings is 1. The van der Waals surface area contributed by atoms with Crippen LogP contribution in [0.2, 0.25) is 0 Å². The van der Waals surface area contributed by atoms with Gasteiger partial charge in [0, 0.05) is 18.1 Å². The predicted molar refractivity (Wildman–Crippen MR) is 109 cm³/mol. The molecule has 1 atom stereocenters. The van der Waals surface area contributed by atoms with Crippen molar-refractivity contribution in [1.29, 1.82) is 0 Å². The summed E-state index contributed by atoms with van der Waals surface area (Å²) in [4.78, 5) is 25.7. The van der Waals surface area contributed by atoms with Crippen molar-refractivity contribution >= 4 is 16.8 Å². The molecule has 0 aliphatic carbocycles. The minimum atomic E-state index is -0.403. The highest BCUT2D eigenvalue weighted by atomic mass is 16.5. The maximum atomic E-state index is 12.9. The molecule has 1 N–H and O–H groups in total. The summed E-state index contributed by atoms with van der Waals surface area (Å²) < 4.78 is 12.5. The van der Waals surface area contributed by atoms with Crippen LogP contribution in [-0.4, -0.2) is 24.7 Å². The maximum absolute atomic E-state index is 12.9. The van der Waals surface area contributed by atoms with Crippen molar-refractivity contribution in [2.45, 2.75) is 26.4 Å². The lowest BCUT2D eigenvalue weighted by Gasteiger charge is -2.17. The van der Waals surface area contributed by atoms with Gasteiger partial charge >= 0.3 is 0 Å². The van der Waals surface area contributed by atoms with Crippen molar-refractivity contribution in [3.63, 3.8) is 0 Å². The largest absolute Gasteiger partial charge is 0.493 e. The van der Waals surface area contributed by atoms with Crippen LogP contribution in [0.3, 0.4) is 0 Å². The molecule has 3 rings (SSSR count). The van der Waals surface area contributed by atoms with E-state index >= 15 is 0 Å². The first-order chi connectivity index (χ1) is 13.5. The molecule has 0 aliphatic heterocycles. The molecular weight excluding hydrogens is 356 g/mol. The molecule has 3 aromatic rings. The van der Waals surface area contributed by atoms with E-state index in [9.17, 15) is 9.59 Å². The first-order valence-corrected chi connectivity index (χ1v) is 9.15. The molecule has 0 bridgehead atoms. The molecule has 1 amide bonds. The average molecular weight is 380 g/mol. The number of para-hydroxylation sites is 1. The summed E-state index contributed by atoms with van der Waals surface area (Å²) >= 11 is 0. The Morgan fingerprint density at radius 3 is 2.50 bits per heavy atom. The summed E-state index contributed by atoms with van der Waals surface area (Å²) in [7, 11) is 3.13. The van der Waals surface area contributed by atoms with Crippen molar-refractivity contribution < 1.29 is 14.3 Å². The summed E-state index contributed by atoms with van der Waals surface area (Å²) in [6.07, 6.45) is 1.63. The number of aryl methyl sites for hydroxylation is 1. The lowest BCUT2D eigenvalue weighted by Crippen LogP contribution is -2.31. The van der Waals surface area contributed by atoms with E-state index in [1.54, 1.807) is 38.6 Å². The summed E-state index contributed by atoms with van der Waals surface area (Å²) in [6, 6.07) is 12.5. The number of nitrogens with one attached hydrogen (secondary N) is 1. The second kappa shape index (κ2) is 8.17. The van der Waals surface area contributed by atoms with Crippen LogP contribution in [-0.2, 0) is 6.54 Å². The van der Waals surface area contributed by atoms with E-state index in [2.05, 4.69) is 5.32 Å². The number of nitrogens with zero attached hydrogens (tertiary/aromatic N) is 1. The van der Waals surface area contributed by atoms with Crippen molar-refractivity contribution in [2.24, 2.45) is 0 Å². The Labute approximate surface area is 163 Å². The zero-order chi connectivity index (χ0) is 20.3. The van der Waals surface area contributed by atoms with Gasteiger partial charge in [-0.2, -0.15) is 0 Å². The summed E-state index contributed by atoms with van der Waals surface area (Å²) in [5.74, 6) is 0.797. The predicted octanol–water partition coefficient (Wildman–Crippen LogP) is 3.53. The summed E-state index contributed by atoms with van der Waals surface area (Å²) in [5.41, 5.74) is 1.53. The van der Waals surface area contributed by atoms with Crippen LogP contribution in [0, 0.1) is 0 Å². The number of methoxy groups -OCH3 is 2. The van der Waals surface area contributed by atoms with Crippen LogP contribution in [0.1, 0.15) is 35.8 Å². The van der Waals surface area contributed by atoms with Gasteiger partial charge in [0.1, 0.15) is 5.56 Å². The molecule has 0 aliphatic rings. The number of fused-ring (bicyclic) bond motifs is 1. The normalized spacial score (nSPS) is 11.9. The van der Waals surface area contributed by atoms with Crippen LogP contribution >= 0.6 is 0 Å². The van der Waals surface area contributed by atoms with Gasteiger partial charge in [-0.15, -0.1) is 0 Å². The molecule has 1 heterocycles. The lowest BCUT2D eigenvalue weighted by molar-refractivity contribution is 0.0938. The second-order valence-electron chi connectivity index (χ2n) is 6.48. The number of carbonyl (C=O) groups excluding carboxylic acids is 1. The van der Waals surface area contributed by atoms with Gasteiger partial charge in [0.15, 0.2) is 11.5 Å². The first-order valence-electron chi connectivity index (χ1n) is 9.15. The van der Waals surface area contributed by atoms with Crippen molar-refractivity contribution in [2.75, 3.05) is 14.2 Å². The van der Waals surface area contributed by atoms with E-state index < -0.39 is 5.91 Å². The topological polar surface area (TPSA) is 69.6 Å². The maximum Gasteiger partial charge on any atom is 0.257 e. The Morgan fingerprint density at radius 1 is 1.11 bits per heavy atom. The fourth-order valence-electron chi connectivity index (χ4n) is 3.25.